The number of aromatic nitrogens is 5. The first-order chi connectivity index (χ1) is 17.7. The third-order valence-corrected chi connectivity index (χ3v) is 7.72. The second-order valence-electron chi connectivity index (χ2n) is 9.25. The van der Waals surface area contributed by atoms with Crippen LogP contribution in [0.4, 0.5) is 17.5 Å². The van der Waals surface area contributed by atoms with Gasteiger partial charge in [-0.2, -0.15) is 4.98 Å². The summed E-state index contributed by atoms with van der Waals surface area (Å²) in [5, 5.41) is 4.28. The van der Waals surface area contributed by atoms with Crippen LogP contribution in [0.2, 0.25) is 0 Å². The molecule has 2 aliphatic rings. The minimum atomic E-state index is 0.294. The van der Waals surface area contributed by atoms with Crippen LogP contribution < -0.4 is 10.2 Å². The number of fused-ring (bicyclic) bond motifs is 1. The van der Waals surface area contributed by atoms with Crippen molar-refractivity contribution in [2.24, 2.45) is 0 Å². The highest BCUT2D eigenvalue weighted by atomic mass is 32.2. The van der Waals surface area contributed by atoms with Gasteiger partial charge in [-0.25, -0.2) is 15.0 Å². The molecule has 6 rings (SSSR count). The van der Waals surface area contributed by atoms with Gasteiger partial charge in [-0.05, 0) is 44.2 Å². The van der Waals surface area contributed by atoms with Crippen LogP contribution in [0.1, 0.15) is 18.9 Å². The predicted molar refractivity (Wildman–Crippen MR) is 142 cm³/mol. The predicted octanol–water partition coefficient (Wildman–Crippen LogP) is 4.22. The largest absolute Gasteiger partial charge is 0.381 e. The lowest BCUT2D eigenvalue weighted by Gasteiger charge is -2.33. The van der Waals surface area contributed by atoms with Crippen LogP contribution in [0.25, 0.3) is 11.2 Å². The van der Waals surface area contributed by atoms with E-state index in [0.29, 0.717) is 12.0 Å². The Balaban J connectivity index is 1.27. The number of nitrogens with one attached hydrogen (secondary N) is 1. The van der Waals surface area contributed by atoms with Crippen LogP contribution in [-0.2, 0) is 4.74 Å². The van der Waals surface area contributed by atoms with Crippen molar-refractivity contribution < 1.29 is 4.74 Å². The van der Waals surface area contributed by atoms with Crippen molar-refractivity contribution in [3.8, 4) is 0 Å². The van der Waals surface area contributed by atoms with Gasteiger partial charge in [-0.3, -0.25) is 4.57 Å². The zero-order chi connectivity index (χ0) is 24.3. The Morgan fingerprint density at radius 1 is 0.917 bits per heavy atom. The van der Waals surface area contributed by atoms with E-state index in [4.69, 9.17) is 14.7 Å². The van der Waals surface area contributed by atoms with Crippen molar-refractivity contribution in [1.82, 2.24) is 29.4 Å². The van der Waals surface area contributed by atoms with Crippen LogP contribution >= 0.6 is 11.8 Å². The summed E-state index contributed by atoms with van der Waals surface area (Å²) in [6.45, 7) is 5.61. The van der Waals surface area contributed by atoms with Gasteiger partial charge in [0.2, 0.25) is 5.95 Å². The normalized spacial score (nSPS) is 17.5. The first-order valence-electron chi connectivity index (χ1n) is 12.4. The molecule has 2 aliphatic heterocycles. The lowest BCUT2D eigenvalue weighted by atomic mass is 10.1. The van der Waals surface area contributed by atoms with E-state index in [-0.39, 0.29) is 0 Å². The van der Waals surface area contributed by atoms with Crippen molar-refractivity contribution in [2.45, 2.75) is 28.9 Å². The molecule has 2 fully saturated rings. The quantitative estimate of drug-likeness (QED) is 0.417. The summed E-state index contributed by atoms with van der Waals surface area (Å²) in [5.41, 5.74) is 2.51. The van der Waals surface area contributed by atoms with Crippen LogP contribution in [0, 0.1) is 0 Å². The Morgan fingerprint density at radius 3 is 2.47 bits per heavy atom. The highest BCUT2D eigenvalue weighted by Gasteiger charge is 2.24. The van der Waals surface area contributed by atoms with Crippen molar-refractivity contribution in [3.05, 3.63) is 54.9 Å². The highest BCUT2D eigenvalue weighted by molar-refractivity contribution is 7.99. The number of ether oxygens (including phenoxy) is 1. The molecule has 10 heteroatoms. The molecule has 9 nitrogen and oxygen atoms in total. The lowest BCUT2D eigenvalue weighted by molar-refractivity contribution is 0.0683. The molecule has 1 aromatic carbocycles. The summed E-state index contributed by atoms with van der Waals surface area (Å²) in [7, 11) is 2.16. The fraction of sp³-hybridized carbons (Fsp3) is 0.385. The first-order valence-corrected chi connectivity index (χ1v) is 13.3. The summed E-state index contributed by atoms with van der Waals surface area (Å²) < 4.78 is 7.91. The average Bonchev–Trinajstić information content (AvgIpc) is 3.28. The summed E-state index contributed by atoms with van der Waals surface area (Å²) in [6.07, 6.45) is 5.55. The second-order valence-corrected chi connectivity index (χ2v) is 10.3. The summed E-state index contributed by atoms with van der Waals surface area (Å²) in [4.78, 5) is 24.9. The molecule has 0 bridgehead atoms. The van der Waals surface area contributed by atoms with Gasteiger partial charge in [0.05, 0.1) is 18.1 Å². The van der Waals surface area contributed by atoms with Crippen LogP contribution in [0.3, 0.4) is 0 Å². The molecule has 0 aliphatic carbocycles. The van der Waals surface area contributed by atoms with Gasteiger partial charge >= 0.3 is 0 Å². The van der Waals surface area contributed by atoms with Gasteiger partial charge in [0.15, 0.2) is 10.8 Å². The molecule has 1 N–H and O–H groups in total. The molecule has 0 saturated carbocycles. The fourth-order valence-electron chi connectivity index (χ4n) is 4.68. The Kier molecular flexibility index (Phi) is 6.71. The number of benzene rings is 1. The molecule has 3 aromatic heterocycles. The molecule has 0 spiro atoms. The Morgan fingerprint density at radius 2 is 1.72 bits per heavy atom. The SMILES string of the molecule is CN1CCN(c2ccc(Nc3ncc4nc(Sc5ccccc5)n(C5CCOCC5)c4n3)cn2)CC1. The number of likely N-dealkylation sites (N-methyl/N-ethyl adjacent to an activating group) is 1. The standard InChI is InChI=1S/C26H30N8OS/c1-32-11-13-33(14-12-32)23-8-7-19(17-27-23)29-25-28-18-22-24(31-25)34(20-9-15-35-16-10-20)26(30-22)36-21-5-3-2-4-6-21/h2-8,17-18,20H,9-16H2,1H3,(H,28,29,31). The maximum atomic E-state index is 5.63. The van der Waals surface area contributed by atoms with E-state index in [1.165, 1.54) is 0 Å². The molecule has 2 saturated heterocycles. The summed E-state index contributed by atoms with van der Waals surface area (Å²) in [6, 6.07) is 14.7. The first kappa shape index (κ1) is 23.2. The number of hydrogen-bond donors (Lipinski definition) is 1. The molecule has 5 heterocycles. The molecule has 0 atom stereocenters. The molecule has 4 aromatic rings. The average molecular weight is 503 g/mol. The fourth-order valence-corrected chi connectivity index (χ4v) is 5.66. The lowest BCUT2D eigenvalue weighted by Crippen LogP contribution is -2.44. The van der Waals surface area contributed by atoms with Gasteiger partial charge < -0.3 is 19.9 Å². The highest BCUT2D eigenvalue weighted by Crippen LogP contribution is 2.35. The van der Waals surface area contributed by atoms with Crippen LogP contribution in [0.15, 0.2) is 64.9 Å². The molecule has 36 heavy (non-hydrogen) atoms. The van der Waals surface area contributed by atoms with E-state index >= 15 is 0 Å². The van der Waals surface area contributed by atoms with E-state index in [2.05, 4.69) is 67.0 Å². The molecule has 0 amide bonds. The van der Waals surface area contributed by atoms with Crippen LogP contribution in [0.5, 0.6) is 0 Å². The summed E-state index contributed by atoms with van der Waals surface area (Å²) in [5.74, 6) is 1.55. The van der Waals surface area contributed by atoms with Crippen LogP contribution in [-0.4, -0.2) is 75.8 Å². The zero-order valence-corrected chi connectivity index (χ0v) is 21.2. The van der Waals surface area contributed by atoms with Gasteiger partial charge in [0.1, 0.15) is 11.3 Å². The second kappa shape index (κ2) is 10.4. The Hall–Kier alpha value is -3.21. The number of hydrogen-bond acceptors (Lipinski definition) is 9. The number of imidazole rings is 1. The minimum absolute atomic E-state index is 0.294. The third-order valence-electron chi connectivity index (χ3n) is 6.74. The smallest absolute Gasteiger partial charge is 0.229 e. The number of pyridine rings is 1. The molecular weight excluding hydrogens is 472 g/mol. The number of rotatable bonds is 6. The molecular formula is C26H30N8OS. The van der Waals surface area contributed by atoms with E-state index in [1.807, 2.05) is 24.5 Å². The van der Waals surface area contributed by atoms with Crippen molar-refractivity contribution in [1.29, 1.82) is 0 Å². The van der Waals surface area contributed by atoms with E-state index < -0.39 is 0 Å². The molecule has 0 unspecified atom stereocenters. The number of piperazine rings is 1. The Bertz CT molecular complexity index is 1300. The maximum Gasteiger partial charge on any atom is 0.229 e. The van der Waals surface area contributed by atoms with Gasteiger partial charge in [-0.15, -0.1) is 0 Å². The third kappa shape index (κ3) is 5.02. The van der Waals surface area contributed by atoms with Gasteiger partial charge in [-0.1, -0.05) is 30.0 Å². The van der Waals surface area contributed by atoms with Crippen molar-refractivity contribution in [2.75, 3.05) is 56.7 Å². The minimum Gasteiger partial charge on any atom is -0.381 e. The van der Waals surface area contributed by atoms with E-state index in [9.17, 15) is 0 Å². The Labute approximate surface area is 214 Å². The summed E-state index contributed by atoms with van der Waals surface area (Å²) >= 11 is 1.66. The topological polar surface area (TPSA) is 84.2 Å². The van der Waals surface area contributed by atoms with Crippen molar-refractivity contribution >= 4 is 40.4 Å². The van der Waals surface area contributed by atoms with Gasteiger partial charge in [0, 0.05) is 50.3 Å². The maximum absolute atomic E-state index is 5.63. The molecule has 186 valence electrons. The monoisotopic (exact) mass is 502 g/mol. The molecule has 0 radical (unpaired) electrons. The zero-order valence-electron chi connectivity index (χ0n) is 20.4. The van der Waals surface area contributed by atoms with E-state index in [0.717, 1.165) is 85.0 Å². The number of anilines is 3. The number of nitrogens with zero attached hydrogens (tertiary/aromatic N) is 7. The van der Waals surface area contributed by atoms with Crippen molar-refractivity contribution in [3.63, 3.8) is 0 Å². The van der Waals surface area contributed by atoms with Gasteiger partial charge in [0.25, 0.3) is 0 Å². The van der Waals surface area contributed by atoms with E-state index in [1.54, 1.807) is 11.8 Å².